The van der Waals surface area contributed by atoms with E-state index in [-0.39, 0.29) is 30.7 Å². The van der Waals surface area contributed by atoms with Gasteiger partial charge in [-0.05, 0) is 59.5 Å². The van der Waals surface area contributed by atoms with E-state index < -0.39 is 0 Å². The molecule has 2 unspecified atom stereocenters. The predicted molar refractivity (Wildman–Crippen MR) is 71.6 cm³/mol. The van der Waals surface area contributed by atoms with Gasteiger partial charge in [0.15, 0.2) is 0 Å². The molecule has 1 aliphatic carbocycles. The van der Waals surface area contributed by atoms with Crippen LogP contribution in [0, 0.1) is 5.92 Å². The van der Waals surface area contributed by atoms with Gasteiger partial charge in [0.25, 0.3) is 0 Å². The molecule has 5 heteroatoms. The summed E-state index contributed by atoms with van der Waals surface area (Å²) in [7, 11) is 0.0181. The minimum Gasteiger partial charge on any atom is -0.403 e. The van der Waals surface area contributed by atoms with E-state index in [0.29, 0.717) is 5.31 Å². The lowest BCUT2D eigenvalue weighted by Crippen LogP contribution is -2.41. The summed E-state index contributed by atoms with van der Waals surface area (Å²) < 4.78 is 12.4. The van der Waals surface area contributed by atoms with Gasteiger partial charge in [-0.15, -0.1) is 12.4 Å². The molecule has 3 nitrogen and oxygen atoms in total. The molecule has 98 valence electrons. The molecular formula is C12H23BClNO2. The van der Waals surface area contributed by atoms with Gasteiger partial charge >= 0.3 is 7.12 Å². The lowest BCUT2D eigenvalue weighted by atomic mass is 9.63. The van der Waals surface area contributed by atoms with Crippen LogP contribution >= 0.6 is 12.4 Å². The normalized spacial score (nSPS) is 41.6. The molecule has 0 aromatic carbocycles. The largest absolute Gasteiger partial charge is 0.464 e. The van der Waals surface area contributed by atoms with E-state index in [1.807, 2.05) is 0 Å². The average molecular weight is 260 g/mol. The highest BCUT2D eigenvalue weighted by Crippen LogP contribution is 2.67. The van der Waals surface area contributed by atoms with Crippen LogP contribution < -0.4 is 5.32 Å². The van der Waals surface area contributed by atoms with E-state index in [2.05, 4.69) is 33.0 Å². The first kappa shape index (κ1) is 13.7. The standard InChI is InChI=1S/C12H22BNO2.ClH/c1-10(2)11(3,4)16-13(15-10)12-5-6-14-8-9(12)7-12;/h9,14H,5-8H2,1-4H3;1H. The lowest BCUT2D eigenvalue weighted by Gasteiger charge is -2.32. The number of fused-ring (bicyclic) bond motifs is 1. The number of hydrogen-bond acceptors (Lipinski definition) is 3. The lowest BCUT2D eigenvalue weighted by molar-refractivity contribution is 0.00578. The maximum Gasteiger partial charge on any atom is 0.464 e. The highest BCUT2D eigenvalue weighted by Gasteiger charge is 2.69. The van der Waals surface area contributed by atoms with Gasteiger partial charge in [0.2, 0.25) is 0 Å². The molecule has 2 aliphatic heterocycles. The summed E-state index contributed by atoms with van der Waals surface area (Å²) in [5.41, 5.74) is -0.352. The molecule has 3 aliphatic rings. The zero-order valence-electron chi connectivity index (χ0n) is 11.2. The third kappa shape index (κ3) is 1.84. The molecule has 3 rings (SSSR count). The van der Waals surface area contributed by atoms with Crippen LogP contribution in [0.1, 0.15) is 40.5 Å². The first-order valence-electron chi connectivity index (χ1n) is 6.44. The third-order valence-corrected chi connectivity index (χ3v) is 5.16. The van der Waals surface area contributed by atoms with Gasteiger partial charge in [0, 0.05) is 5.31 Å². The quantitative estimate of drug-likeness (QED) is 0.733. The maximum atomic E-state index is 6.20. The summed E-state index contributed by atoms with van der Waals surface area (Å²) in [4.78, 5) is 0. The molecular weight excluding hydrogens is 236 g/mol. The van der Waals surface area contributed by atoms with Crippen molar-refractivity contribution in [3.05, 3.63) is 0 Å². The van der Waals surface area contributed by atoms with E-state index >= 15 is 0 Å². The monoisotopic (exact) mass is 259 g/mol. The zero-order chi connectivity index (χ0) is 11.6. The minimum absolute atomic E-state index is 0. The summed E-state index contributed by atoms with van der Waals surface area (Å²) in [6.07, 6.45) is 2.48. The Hall–Kier alpha value is 0.235. The van der Waals surface area contributed by atoms with E-state index in [4.69, 9.17) is 9.31 Å². The Bertz CT molecular complexity index is 308. The molecule has 0 bridgehead atoms. The van der Waals surface area contributed by atoms with Gasteiger partial charge in [0.1, 0.15) is 0 Å². The molecule has 2 saturated heterocycles. The van der Waals surface area contributed by atoms with Crippen LogP contribution in [0.5, 0.6) is 0 Å². The van der Waals surface area contributed by atoms with E-state index in [1.165, 1.54) is 12.8 Å². The van der Waals surface area contributed by atoms with Crippen LogP contribution in [0.15, 0.2) is 0 Å². The Labute approximate surface area is 111 Å². The molecule has 0 radical (unpaired) electrons. The van der Waals surface area contributed by atoms with Crippen molar-refractivity contribution in [3.8, 4) is 0 Å². The maximum absolute atomic E-state index is 6.20. The number of halogens is 1. The number of piperidine rings is 1. The summed E-state index contributed by atoms with van der Waals surface area (Å²) in [5.74, 6) is 0.774. The van der Waals surface area contributed by atoms with Crippen molar-refractivity contribution in [2.45, 2.75) is 57.1 Å². The van der Waals surface area contributed by atoms with Gasteiger partial charge < -0.3 is 14.6 Å². The second-order valence-electron chi connectivity index (χ2n) is 6.68. The summed E-state index contributed by atoms with van der Waals surface area (Å²) in [5, 5.41) is 3.78. The van der Waals surface area contributed by atoms with Gasteiger partial charge in [-0.2, -0.15) is 0 Å². The molecule has 0 aromatic heterocycles. The van der Waals surface area contributed by atoms with Gasteiger partial charge in [-0.3, -0.25) is 0 Å². The van der Waals surface area contributed by atoms with Crippen molar-refractivity contribution in [2.24, 2.45) is 5.92 Å². The summed E-state index contributed by atoms with van der Waals surface area (Å²) >= 11 is 0. The summed E-state index contributed by atoms with van der Waals surface area (Å²) in [6.45, 7) is 10.8. The van der Waals surface area contributed by atoms with Crippen LogP contribution in [0.4, 0.5) is 0 Å². The minimum atomic E-state index is -0.176. The molecule has 1 saturated carbocycles. The molecule has 17 heavy (non-hydrogen) atoms. The molecule has 3 fully saturated rings. The van der Waals surface area contributed by atoms with E-state index in [0.717, 1.165) is 19.0 Å². The molecule has 0 spiro atoms. The smallest absolute Gasteiger partial charge is 0.403 e. The van der Waals surface area contributed by atoms with Crippen molar-refractivity contribution in [1.29, 1.82) is 0 Å². The van der Waals surface area contributed by atoms with Crippen LogP contribution in [-0.4, -0.2) is 31.4 Å². The molecule has 0 amide bonds. The Morgan fingerprint density at radius 2 is 1.71 bits per heavy atom. The highest BCUT2D eigenvalue weighted by molar-refractivity contribution is 6.51. The fraction of sp³-hybridized carbons (Fsp3) is 1.00. The fourth-order valence-electron chi connectivity index (χ4n) is 3.06. The van der Waals surface area contributed by atoms with Crippen LogP contribution in [0.2, 0.25) is 5.31 Å². The van der Waals surface area contributed by atoms with Gasteiger partial charge in [-0.1, -0.05) is 0 Å². The number of nitrogens with one attached hydrogen (secondary N) is 1. The second kappa shape index (κ2) is 3.86. The molecule has 0 aromatic rings. The predicted octanol–water partition coefficient (Wildman–Crippen LogP) is 2.25. The Morgan fingerprint density at radius 3 is 2.24 bits per heavy atom. The molecule has 1 N–H and O–H groups in total. The topological polar surface area (TPSA) is 30.5 Å². The third-order valence-electron chi connectivity index (χ3n) is 5.16. The Kier molecular flexibility index (Phi) is 3.10. The number of rotatable bonds is 1. The van der Waals surface area contributed by atoms with Crippen molar-refractivity contribution in [1.82, 2.24) is 5.32 Å². The Balaban J connectivity index is 0.00000108. The summed E-state index contributed by atoms with van der Waals surface area (Å²) in [6, 6.07) is 0. The van der Waals surface area contributed by atoms with Crippen LogP contribution in [0.25, 0.3) is 0 Å². The van der Waals surface area contributed by atoms with E-state index in [9.17, 15) is 0 Å². The average Bonchev–Trinajstić information content (AvgIpc) is 2.85. The van der Waals surface area contributed by atoms with Gasteiger partial charge in [-0.25, -0.2) is 0 Å². The van der Waals surface area contributed by atoms with Crippen LogP contribution in [0.3, 0.4) is 0 Å². The van der Waals surface area contributed by atoms with Crippen molar-refractivity contribution in [3.63, 3.8) is 0 Å². The first-order chi connectivity index (χ1) is 7.37. The van der Waals surface area contributed by atoms with E-state index in [1.54, 1.807) is 0 Å². The fourth-order valence-corrected chi connectivity index (χ4v) is 3.06. The number of hydrogen-bond donors (Lipinski definition) is 1. The zero-order valence-corrected chi connectivity index (χ0v) is 12.0. The van der Waals surface area contributed by atoms with Crippen molar-refractivity contribution < 1.29 is 9.31 Å². The first-order valence-corrected chi connectivity index (χ1v) is 6.44. The molecule has 2 atom stereocenters. The SMILES string of the molecule is CC1(C)OB(C23CCNCC2C3)OC1(C)C.Cl. The van der Waals surface area contributed by atoms with Crippen molar-refractivity contribution in [2.75, 3.05) is 13.1 Å². The Morgan fingerprint density at radius 1 is 1.12 bits per heavy atom. The van der Waals surface area contributed by atoms with Gasteiger partial charge in [0.05, 0.1) is 11.2 Å². The highest BCUT2D eigenvalue weighted by atomic mass is 35.5. The molecule has 2 heterocycles. The van der Waals surface area contributed by atoms with Crippen LogP contribution in [-0.2, 0) is 9.31 Å². The van der Waals surface area contributed by atoms with Crippen molar-refractivity contribution >= 4 is 19.5 Å². The second-order valence-corrected chi connectivity index (χ2v) is 6.68.